The van der Waals surface area contributed by atoms with Crippen LogP contribution in [0.3, 0.4) is 0 Å². The number of aliphatic hydroxyl groups excluding tert-OH is 1. The molecule has 1 aromatic carbocycles. The van der Waals surface area contributed by atoms with E-state index in [-0.39, 0.29) is 23.8 Å². The third kappa shape index (κ3) is 1.81. The lowest BCUT2D eigenvalue weighted by atomic mass is 10.1. The maximum Gasteiger partial charge on any atom is 0.257 e. The second kappa shape index (κ2) is 4.02. The normalized spacial score (nSPS) is 20.1. The molecule has 86 valence electrons. The highest BCUT2D eigenvalue weighted by molar-refractivity contribution is 5.97. The molecule has 1 fully saturated rings. The molecule has 1 atom stereocenters. The highest BCUT2D eigenvalue weighted by Crippen LogP contribution is 2.29. The maximum absolute atomic E-state index is 11.9. The predicted molar refractivity (Wildman–Crippen MR) is 56.3 cm³/mol. The quantitative estimate of drug-likeness (QED) is 0.598. The zero-order valence-corrected chi connectivity index (χ0v) is 8.63. The van der Waals surface area contributed by atoms with E-state index in [1.54, 1.807) is 0 Å². The summed E-state index contributed by atoms with van der Waals surface area (Å²) in [5.41, 5.74) is 0.0640. The highest BCUT2D eigenvalue weighted by Gasteiger charge is 2.27. The van der Waals surface area contributed by atoms with Gasteiger partial charge in [-0.3, -0.25) is 4.79 Å². The van der Waals surface area contributed by atoms with Crippen LogP contribution in [-0.4, -0.2) is 45.3 Å². The third-order valence-corrected chi connectivity index (χ3v) is 2.70. The fourth-order valence-corrected chi connectivity index (χ4v) is 1.80. The fraction of sp³-hybridized carbons (Fsp3) is 0.364. The zero-order valence-electron chi connectivity index (χ0n) is 8.63. The summed E-state index contributed by atoms with van der Waals surface area (Å²) >= 11 is 0. The van der Waals surface area contributed by atoms with Crippen molar-refractivity contribution in [2.45, 2.75) is 12.5 Å². The first kappa shape index (κ1) is 10.8. The number of amides is 1. The first-order valence-electron chi connectivity index (χ1n) is 5.08. The molecule has 1 aromatic rings. The van der Waals surface area contributed by atoms with Crippen molar-refractivity contribution in [1.29, 1.82) is 0 Å². The number of carbonyl (C=O) groups excluding carboxylic acids is 1. The lowest BCUT2D eigenvalue weighted by Crippen LogP contribution is -2.29. The summed E-state index contributed by atoms with van der Waals surface area (Å²) in [5, 5.41) is 28.1. The van der Waals surface area contributed by atoms with Gasteiger partial charge in [0.05, 0.1) is 11.7 Å². The van der Waals surface area contributed by atoms with Crippen molar-refractivity contribution in [2.24, 2.45) is 0 Å². The Morgan fingerprint density at radius 1 is 1.38 bits per heavy atom. The van der Waals surface area contributed by atoms with Gasteiger partial charge in [-0.1, -0.05) is 6.07 Å². The molecule has 1 unspecified atom stereocenters. The van der Waals surface area contributed by atoms with Crippen molar-refractivity contribution < 1.29 is 20.1 Å². The number of β-amino-alcohol motifs (C(OH)–C–C–N with tert-alkyl or cyclic N) is 1. The van der Waals surface area contributed by atoms with Gasteiger partial charge in [0.2, 0.25) is 0 Å². The number of para-hydroxylation sites is 1. The predicted octanol–water partition coefficient (Wildman–Crippen LogP) is 0.305. The van der Waals surface area contributed by atoms with E-state index in [9.17, 15) is 20.1 Å². The molecule has 2 rings (SSSR count). The molecule has 0 radical (unpaired) electrons. The van der Waals surface area contributed by atoms with Gasteiger partial charge in [-0.2, -0.15) is 0 Å². The first-order chi connectivity index (χ1) is 7.59. The Hall–Kier alpha value is -1.75. The van der Waals surface area contributed by atoms with Crippen molar-refractivity contribution in [3.8, 4) is 11.5 Å². The zero-order chi connectivity index (χ0) is 11.7. The summed E-state index contributed by atoms with van der Waals surface area (Å²) in [5.74, 6) is -1.09. The summed E-state index contributed by atoms with van der Waals surface area (Å²) < 4.78 is 0. The molecule has 0 aromatic heterocycles. The minimum atomic E-state index is -0.497. The van der Waals surface area contributed by atoms with E-state index in [4.69, 9.17) is 0 Å². The average Bonchev–Trinajstić information content (AvgIpc) is 2.68. The van der Waals surface area contributed by atoms with Crippen molar-refractivity contribution in [3.63, 3.8) is 0 Å². The van der Waals surface area contributed by atoms with E-state index in [1.165, 1.54) is 23.1 Å². The topological polar surface area (TPSA) is 81.0 Å². The maximum atomic E-state index is 11.9. The van der Waals surface area contributed by atoms with Gasteiger partial charge in [0.1, 0.15) is 0 Å². The van der Waals surface area contributed by atoms with Crippen LogP contribution in [0.25, 0.3) is 0 Å². The Morgan fingerprint density at radius 2 is 2.12 bits per heavy atom. The van der Waals surface area contributed by atoms with Gasteiger partial charge in [-0.25, -0.2) is 0 Å². The fourth-order valence-electron chi connectivity index (χ4n) is 1.80. The van der Waals surface area contributed by atoms with Crippen LogP contribution in [0.2, 0.25) is 0 Å². The van der Waals surface area contributed by atoms with Crippen LogP contribution in [0.15, 0.2) is 18.2 Å². The molecular weight excluding hydrogens is 210 g/mol. The third-order valence-electron chi connectivity index (χ3n) is 2.70. The molecule has 5 heteroatoms. The number of aliphatic hydroxyl groups is 1. The number of nitrogens with zero attached hydrogens (tertiary/aromatic N) is 1. The number of aromatic hydroxyl groups is 2. The van der Waals surface area contributed by atoms with E-state index in [0.717, 1.165) is 0 Å². The number of phenols is 2. The van der Waals surface area contributed by atoms with Gasteiger partial charge in [-0.15, -0.1) is 0 Å². The number of phenolic OH excluding ortho intramolecular Hbond substituents is 2. The SMILES string of the molecule is O=C(c1cccc(O)c1O)N1CCC(O)C1. The van der Waals surface area contributed by atoms with Crippen LogP contribution < -0.4 is 0 Å². The van der Waals surface area contributed by atoms with Crippen molar-refractivity contribution in [2.75, 3.05) is 13.1 Å². The number of benzene rings is 1. The number of hydrogen-bond donors (Lipinski definition) is 3. The summed E-state index contributed by atoms with van der Waals surface area (Å²) in [6, 6.07) is 4.25. The minimum Gasteiger partial charge on any atom is -0.504 e. The van der Waals surface area contributed by atoms with E-state index < -0.39 is 11.9 Å². The Labute approximate surface area is 92.6 Å². The highest BCUT2D eigenvalue weighted by atomic mass is 16.3. The Morgan fingerprint density at radius 3 is 2.75 bits per heavy atom. The molecule has 3 N–H and O–H groups in total. The van der Waals surface area contributed by atoms with E-state index in [2.05, 4.69) is 0 Å². The molecule has 16 heavy (non-hydrogen) atoms. The van der Waals surface area contributed by atoms with Crippen molar-refractivity contribution in [1.82, 2.24) is 4.90 Å². The minimum absolute atomic E-state index is 0.0640. The van der Waals surface area contributed by atoms with E-state index in [0.29, 0.717) is 13.0 Å². The summed E-state index contributed by atoms with van der Waals surface area (Å²) in [6.45, 7) is 0.739. The standard InChI is InChI=1S/C11H13NO4/c13-7-4-5-12(6-7)11(16)8-2-1-3-9(14)10(8)15/h1-3,7,13-15H,4-6H2. The molecule has 1 heterocycles. The summed E-state index contributed by atoms with van der Waals surface area (Å²) in [6.07, 6.45) is 0.0501. The number of hydrogen-bond acceptors (Lipinski definition) is 4. The van der Waals surface area contributed by atoms with Crippen LogP contribution in [0.5, 0.6) is 11.5 Å². The molecule has 0 spiro atoms. The second-order valence-corrected chi connectivity index (χ2v) is 3.87. The molecule has 1 saturated heterocycles. The lowest BCUT2D eigenvalue weighted by Gasteiger charge is -2.16. The molecule has 1 amide bonds. The van der Waals surface area contributed by atoms with Crippen LogP contribution in [0, 0.1) is 0 Å². The average molecular weight is 223 g/mol. The van der Waals surface area contributed by atoms with Gasteiger partial charge >= 0.3 is 0 Å². The molecule has 0 saturated carbocycles. The molecular formula is C11H13NO4. The van der Waals surface area contributed by atoms with Crippen LogP contribution in [-0.2, 0) is 0 Å². The van der Waals surface area contributed by atoms with Crippen LogP contribution in [0.4, 0.5) is 0 Å². The van der Waals surface area contributed by atoms with Gasteiger partial charge in [0, 0.05) is 13.1 Å². The Bertz CT molecular complexity index is 418. The van der Waals surface area contributed by atoms with Gasteiger partial charge in [-0.05, 0) is 18.6 Å². The van der Waals surface area contributed by atoms with Crippen LogP contribution >= 0.6 is 0 Å². The summed E-state index contributed by atoms with van der Waals surface area (Å²) in [7, 11) is 0. The van der Waals surface area contributed by atoms with Gasteiger partial charge in [0.25, 0.3) is 5.91 Å². The first-order valence-corrected chi connectivity index (χ1v) is 5.08. The lowest BCUT2D eigenvalue weighted by molar-refractivity contribution is 0.0761. The molecule has 0 aliphatic carbocycles. The molecule has 5 nitrogen and oxygen atoms in total. The molecule has 1 aliphatic rings. The molecule has 1 aliphatic heterocycles. The smallest absolute Gasteiger partial charge is 0.257 e. The largest absolute Gasteiger partial charge is 0.504 e. The number of rotatable bonds is 1. The van der Waals surface area contributed by atoms with Crippen molar-refractivity contribution >= 4 is 5.91 Å². The summed E-state index contributed by atoms with van der Waals surface area (Å²) in [4.78, 5) is 13.4. The van der Waals surface area contributed by atoms with E-state index >= 15 is 0 Å². The number of carbonyl (C=O) groups is 1. The van der Waals surface area contributed by atoms with Gasteiger partial charge < -0.3 is 20.2 Å². The monoisotopic (exact) mass is 223 g/mol. The Balaban J connectivity index is 2.24. The van der Waals surface area contributed by atoms with E-state index in [1.807, 2.05) is 0 Å². The molecule has 0 bridgehead atoms. The van der Waals surface area contributed by atoms with Gasteiger partial charge in [0.15, 0.2) is 11.5 Å². The number of likely N-dealkylation sites (tertiary alicyclic amines) is 1. The van der Waals surface area contributed by atoms with Crippen molar-refractivity contribution in [3.05, 3.63) is 23.8 Å². The Kier molecular flexibility index (Phi) is 2.70. The van der Waals surface area contributed by atoms with Crippen LogP contribution in [0.1, 0.15) is 16.8 Å². The second-order valence-electron chi connectivity index (χ2n) is 3.87.